The lowest BCUT2D eigenvalue weighted by Crippen LogP contribution is -2.42. The van der Waals surface area contributed by atoms with Gasteiger partial charge in [0.1, 0.15) is 12.0 Å². The van der Waals surface area contributed by atoms with E-state index in [9.17, 15) is 9.90 Å². The summed E-state index contributed by atoms with van der Waals surface area (Å²) in [6, 6.07) is 11.1. The summed E-state index contributed by atoms with van der Waals surface area (Å²) in [5.41, 5.74) is 3.37. The van der Waals surface area contributed by atoms with Crippen LogP contribution in [0.25, 0.3) is 16.9 Å². The number of rotatable bonds is 10. The number of anilines is 1. The average Bonchev–Trinajstić information content (AvgIpc) is 3.45. The minimum Gasteiger partial charge on any atom is -0.481 e. The third-order valence-electron chi connectivity index (χ3n) is 6.88. The van der Waals surface area contributed by atoms with Crippen molar-refractivity contribution in [2.24, 2.45) is 5.92 Å². The zero-order valence-corrected chi connectivity index (χ0v) is 22.6. The minimum absolute atomic E-state index is 0.0242. The number of amides is 2. The van der Waals surface area contributed by atoms with Crippen LogP contribution in [0.1, 0.15) is 24.3 Å². The lowest BCUT2D eigenvalue weighted by atomic mass is 10.1. The molecule has 1 aliphatic heterocycles. The van der Waals surface area contributed by atoms with Crippen LogP contribution in [0.4, 0.5) is 10.6 Å². The first-order valence-corrected chi connectivity index (χ1v) is 12.7. The fourth-order valence-corrected chi connectivity index (χ4v) is 4.76. The largest absolute Gasteiger partial charge is 0.481 e. The van der Waals surface area contributed by atoms with Crippen LogP contribution in [0.5, 0.6) is 5.88 Å². The second kappa shape index (κ2) is 12.4. The molecule has 204 valence electrons. The molecule has 3 heterocycles. The second-order valence-electron chi connectivity index (χ2n) is 9.52. The van der Waals surface area contributed by atoms with Gasteiger partial charge in [0, 0.05) is 50.1 Å². The molecule has 3 aromatic rings. The first-order valence-electron chi connectivity index (χ1n) is 12.7. The van der Waals surface area contributed by atoms with Crippen molar-refractivity contribution in [3.63, 3.8) is 0 Å². The van der Waals surface area contributed by atoms with Crippen molar-refractivity contribution in [2.45, 2.75) is 26.1 Å². The number of benzene rings is 1. The van der Waals surface area contributed by atoms with Crippen LogP contribution in [-0.4, -0.2) is 84.4 Å². The van der Waals surface area contributed by atoms with Crippen LogP contribution in [-0.2, 0) is 4.74 Å². The maximum absolute atomic E-state index is 13.2. The lowest BCUT2D eigenvalue weighted by Gasteiger charge is -2.18. The summed E-state index contributed by atoms with van der Waals surface area (Å²) in [4.78, 5) is 19.9. The van der Waals surface area contributed by atoms with E-state index >= 15 is 0 Å². The van der Waals surface area contributed by atoms with Crippen molar-refractivity contribution < 1.29 is 19.4 Å². The van der Waals surface area contributed by atoms with E-state index in [2.05, 4.69) is 32.8 Å². The number of ether oxygens (including phenoxy) is 2. The molecule has 4 rings (SSSR count). The highest BCUT2D eigenvalue weighted by atomic mass is 16.5. The second-order valence-corrected chi connectivity index (χ2v) is 9.52. The molecule has 11 heteroatoms. The van der Waals surface area contributed by atoms with Crippen LogP contribution >= 0.6 is 0 Å². The van der Waals surface area contributed by atoms with Gasteiger partial charge in [-0.1, -0.05) is 25.1 Å². The third kappa shape index (κ3) is 5.97. The number of aromatic nitrogens is 3. The van der Waals surface area contributed by atoms with E-state index < -0.39 is 6.23 Å². The fourth-order valence-electron chi connectivity index (χ4n) is 4.76. The van der Waals surface area contributed by atoms with E-state index in [4.69, 9.17) is 14.6 Å². The van der Waals surface area contributed by atoms with Crippen LogP contribution in [0.15, 0.2) is 42.6 Å². The van der Waals surface area contributed by atoms with Crippen molar-refractivity contribution in [1.82, 2.24) is 30.3 Å². The van der Waals surface area contributed by atoms with Crippen molar-refractivity contribution >= 4 is 11.8 Å². The molecule has 1 aliphatic rings. The minimum atomic E-state index is -0.964. The van der Waals surface area contributed by atoms with Crippen LogP contribution in [0, 0.1) is 12.8 Å². The van der Waals surface area contributed by atoms with E-state index in [1.165, 1.54) is 7.11 Å². The molecule has 1 unspecified atom stereocenters. The summed E-state index contributed by atoms with van der Waals surface area (Å²) < 4.78 is 12.2. The fraction of sp³-hybridized carbons (Fsp3) is 0.444. The topological polar surface area (TPSA) is 126 Å². The highest BCUT2D eigenvalue weighted by molar-refractivity contribution is 5.91. The summed E-state index contributed by atoms with van der Waals surface area (Å²) in [5.74, 6) is 1.19. The Hall–Kier alpha value is -3.51. The zero-order valence-electron chi connectivity index (χ0n) is 22.6. The molecular weight excluding hydrogens is 486 g/mol. The number of pyridine rings is 1. The third-order valence-corrected chi connectivity index (χ3v) is 6.88. The van der Waals surface area contributed by atoms with Crippen LogP contribution < -0.4 is 20.7 Å². The molecule has 11 nitrogen and oxygen atoms in total. The van der Waals surface area contributed by atoms with E-state index in [0.29, 0.717) is 41.0 Å². The van der Waals surface area contributed by atoms with Gasteiger partial charge in [0.2, 0.25) is 5.88 Å². The van der Waals surface area contributed by atoms with Gasteiger partial charge in [-0.05, 0) is 38.1 Å². The van der Waals surface area contributed by atoms with Gasteiger partial charge in [-0.25, -0.2) is 14.5 Å². The summed E-state index contributed by atoms with van der Waals surface area (Å²) in [7, 11) is 4.85. The number of methoxy groups -OCH3 is 2. The van der Waals surface area contributed by atoms with Crippen LogP contribution in [0.2, 0.25) is 0 Å². The smallest absolute Gasteiger partial charge is 0.320 e. The Balaban J connectivity index is 1.64. The Bertz CT molecular complexity index is 1230. The molecule has 1 fully saturated rings. The average molecular weight is 524 g/mol. The maximum Gasteiger partial charge on any atom is 0.320 e. The number of urea groups is 1. The highest BCUT2D eigenvalue weighted by Crippen LogP contribution is 2.33. The molecule has 4 N–H and O–H groups in total. The van der Waals surface area contributed by atoms with Crippen molar-refractivity contribution in [3.8, 4) is 22.8 Å². The van der Waals surface area contributed by atoms with E-state index in [1.807, 2.05) is 37.3 Å². The molecule has 0 spiro atoms. The first-order chi connectivity index (χ1) is 18.4. The van der Waals surface area contributed by atoms with Crippen molar-refractivity contribution in [3.05, 3.63) is 53.7 Å². The number of carbonyl (C=O) groups excluding carboxylic acids is 1. The van der Waals surface area contributed by atoms with Gasteiger partial charge in [-0.2, -0.15) is 5.10 Å². The normalized spacial score (nSPS) is 18.4. The summed E-state index contributed by atoms with van der Waals surface area (Å²) in [6.07, 6.45) is 0.683. The number of nitrogens with one attached hydrogen (secondary N) is 3. The summed E-state index contributed by atoms with van der Waals surface area (Å²) >= 11 is 0. The van der Waals surface area contributed by atoms with Gasteiger partial charge in [0.25, 0.3) is 0 Å². The van der Waals surface area contributed by atoms with Gasteiger partial charge in [0.05, 0.1) is 30.7 Å². The van der Waals surface area contributed by atoms with Crippen molar-refractivity contribution in [1.29, 1.82) is 0 Å². The number of aliphatic hydroxyl groups excluding tert-OH is 1. The summed E-state index contributed by atoms with van der Waals surface area (Å²) in [6.45, 7) is 7.23. The lowest BCUT2D eigenvalue weighted by molar-refractivity contribution is 0.144. The Morgan fingerprint density at radius 2 is 2.00 bits per heavy atom. The van der Waals surface area contributed by atoms with Gasteiger partial charge in [-0.15, -0.1) is 0 Å². The number of hydrogen-bond donors (Lipinski definition) is 4. The van der Waals surface area contributed by atoms with Gasteiger partial charge >= 0.3 is 6.03 Å². The molecule has 0 bridgehead atoms. The standard InChI is InChI=1S/C27H37N7O4/c1-17-15-33(11-12-37-4)16-22(17)30-27(36)31-24-18(2)23(32-34(24)20-9-7-6-8-10-20)19-13-21(25(35)28-3)26(38-5)29-14-19/h6-10,13-14,17,22,25,28,35H,11-12,15-16H2,1-5H3,(H2,30,31,36)/t17-,22-,25?/m1/s1. The van der Waals surface area contributed by atoms with Gasteiger partial charge < -0.3 is 19.9 Å². The van der Waals surface area contributed by atoms with Gasteiger partial charge in [-0.3, -0.25) is 15.5 Å². The maximum atomic E-state index is 13.2. The molecule has 2 amide bonds. The van der Waals surface area contributed by atoms with E-state index in [0.717, 1.165) is 30.9 Å². The molecule has 0 aliphatic carbocycles. The van der Waals surface area contributed by atoms with E-state index in [1.54, 1.807) is 31.1 Å². The first kappa shape index (κ1) is 27.5. The Morgan fingerprint density at radius 1 is 1.24 bits per heavy atom. The quantitative estimate of drug-likeness (QED) is 0.299. The number of nitrogens with zero attached hydrogens (tertiary/aromatic N) is 4. The number of aliphatic hydroxyl groups is 1. The summed E-state index contributed by atoms with van der Waals surface area (Å²) in [5, 5.41) is 24.3. The SMILES string of the molecule is CNC(O)c1cc(-c2nn(-c3ccccc3)c(NC(=O)N[C@@H]3CN(CCOC)C[C@H]3C)c2C)cnc1OC. The monoisotopic (exact) mass is 523 g/mol. The molecule has 3 atom stereocenters. The molecule has 1 saturated heterocycles. The number of carbonyl (C=O) groups is 1. The number of para-hydroxylation sites is 1. The Morgan fingerprint density at radius 3 is 2.68 bits per heavy atom. The Labute approximate surface area is 223 Å². The number of likely N-dealkylation sites (tertiary alicyclic amines) is 1. The predicted octanol–water partition coefficient (Wildman–Crippen LogP) is 2.55. The van der Waals surface area contributed by atoms with Crippen LogP contribution in [0.3, 0.4) is 0 Å². The predicted molar refractivity (Wildman–Crippen MR) is 146 cm³/mol. The molecule has 2 aromatic heterocycles. The molecule has 0 radical (unpaired) electrons. The van der Waals surface area contributed by atoms with Gasteiger partial charge in [0.15, 0.2) is 0 Å². The Kier molecular flexibility index (Phi) is 8.95. The zero-order chi connectivity index (χ0) is 27.2. The van der Waals surface area contributed by atoms with Crippen molar-refractivity contribution in [2.75, 3.05) is 52.8 Å². The van der Waals surface area contributed by atoms with E-state index in [-0.39, 0.29) is 12.1 Å². The molecular formula is C27H37N7O4. The molecule has 1 aromatic carbocycles. The number of hydrogen-bond acceptors (Lipinski definition) is 8. The molecule has 38 heavy (non-hydrogen) atoms. The highest BCUT2D eigenvalue weighted by Gasteiger charge is 2.31. The molecule has 0 saturated carbocycles.